The minimum absolute atomic E-state index is 0.655. The lowest BCUT2D eigenvalue weighted by atomic mass is 10.0. The fourth-order valence-electron chi connectivity index (χ4n) is 2.41. The highest BCUT2D eigenvalue weighted by Gasteiger charge is 2.07. The second-order valence-electron chi connectivity index (χ2n) is 4.95. The molecule has 1 N–H and O–H groups in total. The summed E-state index contributed by atoms with van der Waals surface area (Å²) in [5.74, 6) is 6.01. The van der Waals surface area contributed by atoms with E-state index in [9.17, 15) is 5.11 Å². The van der Waals surface area contributed by atoms with Gasteiger partial charge >= 0.3 is 0 Å². The lowest BCUT2D eigenvalue weighted by Crippen LogP contribution is -1.95. The molecule has 0 aliphatic heterocycles. The molecule has 3 rings (SSSR count). The Hall–Kier alpha value is -2.56. The first-order valence-electron chi connectivity index (χ1n) is 7.02. The van der Waals surface area contributed by atoms with Crippen molar-refractivity contribution in [3.63, 3.8) is 0 Å². The summed E-state index contributed by atoms with van der Waals surface area (Å²) in [6, 6.07) is 24.0. The average molecular weight is 272 g/mol. The Kier molecular flexibility index (Phi) is 4.00. The fraction of sp³-hybridized carbons (Fsp3) is 0.100. The van der Waals surface area contributed by atoms with Crippen LogP contribution < -0.4 is 0 Å². The molecule has 0 aliphatic carbocycles. The van der Waals surface area contributed by atoms with Gasteiger partial charge in [0.2, 0.25) is 0 Å². The topological polar surface area (TPSA) is 20.2 Å². The Morgan fingerprint density at radius 1 is 0.810 bits per heavy atom. The summed E-state index contributed by atoms with van der Waals surface area (Å²) in [4.78, 5) is 0. The zero-order valence-electron chi connectivity index (χ0n) is 11.7. The molecule has 0 aromatic heterocycles. The molecule has 0 heterocycles. The van der Waals surface area contributed by atoms with E-state index < -0.39 is 6.10 Å². The number of benzene rings is 3. The van der Waals surface area contributed by atoms with Gasteiger partial charge in [-0.3, -0.25) is 0 Å². The van der Waals surface area contributed by atoms with Crippen molar-refractivity contribution in [2.24, 2.45) is 0 Å². The lowest BCUT2D eigenvalue weighted by Gasteiger charge is -2.08. The smallest absolute Gasteiger partial charge is 0.140 e. The minimum atomic E-state index is -0.750. The zero-order chi connectivity index (χ0) is 14.5. The first-order valence-corrected chi connectivity index (χ1v) is 7.02. The van der Waals surface area contributed by atoms with Crippen LogP contribution in [0.15, 0.2) is 72.8 Å². The maximum Gasteiger partial charge on any atom is 0.140 e. The van der Waals surface area contributed by atoms with Gasteiger partial charge in [-0.15, -0.1) is 0 Å². The van der Waals surface area contributed by atoms with Gasteiger partial charge in [0, 0.05) is 12.0 Å². The van der Waals surface area contributed by atoms with E-state index in [2.05, 4.69) is 11.8 Å². The van der Waals surface area contributed by atoms with Crippen LogP contribution in [0.5, 0.6) is 0 Å². The molecule has 0 amide bonds. The maximum absolute atomic E-state index is 10.3. The highest BCUT2D eigenvalue weighted by atomic mass is 16.3. The SMILES string of the molecule is OC(C#CCc1ccccc1)c1cccc2ccccc12. The molecule has 1 nitrogen and oxygen atoms in total. The molecule has 3 aromatic rings. The fourth-order valence-corrected chi connectivity index (χ4v) is 2.41. The molecule has 0 saturated carbocycles. The molecule has 0 saturated heterocycles. The van der Waals surface area contributed by atoms with Gasteiger partial charge in [0.1, 0.15) is 6.10 Å². The average Bonchev–Trinajstić information content (AvgIpc) is 2.55. The van der Waals surface area contributed by atoms with E-state index in [1.54, 1.807) is 0 Å². The van der Waals surface area contributed by atoms with Crippen molar-refractivity contribution < 1.29 is 5.11 Å². The summed E-state index contributed by atoms with van der Waals surface area (Å²) in [5.41, 5.74) is 2.03. The van der Waals surface area contributed by atoms with Gasteiger partial charge in [-0.2, -0.15) is 0 Å². The van der Waals surface area contributed by atoms with E-state index in [-0.39, 0.29) is 0 Å². The van der Waals surface area contributed by atoms with Crippen LogP contribution in [0.1, 0.15) is 17.2 Å². The zero-order valence-corrected chi connectivity index (χ0v) is 11.7. The van der Waals surface area contributed by atoms with Crippen LogP contribution in [-0.4, -0.2) is 5.11 Å². The molecule has 0 spiro atoms. The Morgan fingerprint density at radius 2 is 1.52 bits per heavy atom. The highest BCUT2D eigenvalue weighted by Crippen LogP contribution is 2.23. The van der Waals surface area contributed by atoms with Gasteiger partial charge in [-0.25, -0.2) is 0 Å². The van der Waals surface area contributed by atoms with Gasteiger partial charge in [0.05, 0.1) is 0 Å². The van der Waals surface area contributed by atoms with Crippen molar-refractivity contribution in [2.45, 2.75) is 12.5 Å². The molecule has 1 heteroatoms. The summed E-state index contributed by atoms with van der Waals surface area (Å²) in [6.07, 6.45) is -0.0948. The molecule has 1 atom stereocenters. The molecular weight excluding hydrogens is 256 g/mol. The molecule has 0 aliphatic rings. The van der Waals surface area contributed by atoms with E-state index in [4.69, 9.17) is 0 Å². The number of fused-ring (bicyclic) bond motifs is 1. The number of rotatable bonds is 2. The summed E-state index contributed by atoms with van der Waals surface area (Å²) < 4.78 is 0. The van der Waals surface area contributed by atoms with E-state index in [1.807, 2.05) is 72.8 Å². The van der Waals surface area contributed by atoms with Crippen molar-refractivity contribution >= 4 is 10.8 Å². The molecule has 21 heavy (non-hydrogen) atoms. The maximum atomic E-state index is 10.3. The molecule has 0 radical (unpaired) electrons. The normalized spacial score (nSPS) is 11.7. The van der Waals surface area contributed by atoms with Crippen molar-refractivity contribution in [2.75, 3.05) is 0 Å². The van der Waals surface area contributed by atoms with E-state index >= 15 is 0 Å². The molecular formula is C20H16O. The Labute approximate surface area is 124 Å². The molecule has 102 valence electrons. The Bertz CT molecular complexity index is 789. The first kappa shape index (κ1) is 13.4. The minimum Gasteiger partial charge on any atom is -0.376 e. The van der Waals surface area contributed by atoms with Crippen LogP contribution in [0.2, 0.25) is 0 Å². The number of hydrogen-bond acceptors (Lipinski definition) is 1. The number of aliphatic hydroxyl groups is 1. The van der Waals surface area contributed by atoms with Crippen LogP contribution in [0.4, 0.5) is 0 Å². The first-order chi connectivity index (χ1) is 10.3. The van der Waals surface area contributed by atoms with E-state index in [1.165, 1.54) is 0 Å². The van der Waals surface area contributed by atoms with Crippen LogP contribution in [0.3, 0.4) is 0 Å². The van der Waals surface area contributed by atoms with Gasteiger partial charge in [-0.05, 0) is 16.3 Å². The van der Waals surface area contributed by atoms with Gasteiger partial charge < -0.3 is 5.11 Å². The third-order valence-electron chi connectivity index (χ3n) is 3.49. The van der Waals surface area contributed by atoms with Crippen LogP contribution in [0, 0.1) is 11.8 Å². The van der Waals surface area contributed by atoms with Gasteiger partial charge in [0.15, 0.2) is 0 Å². The summed E-state index contributed by atoms with van der Waals surface area (Å²) in [5, 5.41) is 12.5. The quantitative estimate of drug-likeness (QED) is 0.696. The van der Waals surface area contributed by atoms with Crippen molar-refractivity contribution in [1.82, 2.24) is 0 Å². The second-order valence-corrected chi connectivity index (χ2v) is 4.95. The largest absolute Gasteiger partial charge is 0.376 e. The summed E-state index contributed by atoms with van der Waals surface area (Å²) in [7, 11) is 0. The van der Waals surface area contributed by atoms with Crippen LogP contribution >= 0.6 is 0 Å². The van der Waals surface area contributed by atoms with Crippen LogP contribution in [-0.2, 0) is 6.42 Å². The molecule has 3 aromatic carbocycles. The van der Waals surface area contributed by atoms with Crippen LogP contribution in [0.25, 0.3) is 10.8 Å². The van der Waals surface area contributed by atoms with Gasteiger partial charge in [0.25, 0.3) is 0 Å². The number of hydrogen-bond donors (Lipinski definition) is 1. The predicted octanol–water partition coefficient (Wildman–Crippen LogP) is 4.12. The van der Waals surface area contributed by atoms with Crippen molar-refractivity contribution in [3.05, 3.63) is 83.9 Å². The molecule has 0 fully saturated rings. The molecule has 1 unspecified atom stereocenters. The standard InChI is InChI=1S/C20H16O/c21-20(15-6-10-16-8-2-1-3-9-16)19-14-7-12-17-11-4-5-13-18(17)19/h1-5,7-9,11-14,20-21H,10H2. The summed E-state index contributed by atoms with van der Waals surface area (Å²) >= 11 is 0. The lowest BCUT2D eigenvalue weighted by molar-refractivity contribution is 0.240. The monoisotopic (exact) mass is 272 g/mol. The second kappa shape index (κ2) is 6.26. The van der Waals surface area contributed by atoms with E-state index in [0.29, 0.717) is 6.42 Å². The third kappa shape index (κ3) is 3.13. The van der Waals surface area contributed by atoms with E-state index in [0.717, 1.165) is 21.9 Å². The van der Waals surface area contributed by atoms with Crippen molar-refractivity contribution in [1.29, 1.82) is 0 Å². The third-order valence-corrected chi connectivity index (χ3v) is 3.49. The number of aliphatic hydroxyl groups excluding tert-OH is 1. The molecule has 0 bridgehead atoms. The van der Waals surface area contributed by atoms with Gasteiger partial charge in [-0.1, -0.05) is 84.6 Å². The summed E-state index contributed by atoms with van der Waals surface area (Å²) in [6.45, 7) is 0. The highest BCUT2D eigenvalue weighted by molar-refractivity contribution is 5.86. The Balaban J connectivity index is 1.83. The Morgan fingerprint density at radius 3 is 2.38 bits per heavy atom. The predicted molar refractivity (Wildman–Crippen MR) is 86.8 cm³/mol. The van der Waals surface area contributed by atoms with Crippen molar-refractivity contribution in [3.8, 4) is 11.8 Å².